The number of alkyl halides is 2. The van der Waals surface area contributed by atoms with Gasteiger partial charge in [-0.1, -0.05) is 6.07 Å². The van der Waals surface area contributed by atoms with Gasteiger partial charge in [0.05, 0.1) is 17.4 Å². The van der Waals surface area contributed by atoms with E-state index in [1.54, 1.807) is 53.3 Å². The average molecular weight is 490 g/mol. The summed E-state index contributed by atoms with van der Waals surface area (Å²) < 4.78 is 33.0. The summed E-state index contributed by atoms with van der Waals surface area (Å²) in [7, 11) is 1.70. The van der Waals surface area contributed by atoms with Crippen molar-refractivity contribution in [2.75, 3.05) is 7.05 Å². The zero-order valence-corrected chi connectivity index (χ0v) is 19.1. The minimum atomic E-state index is -3.02. The van der Waals surface area contributed by atoms with Crippen molar-refractivity contribution in [3.63, 3.8) is 0 Å². The summed E-state index contributed by atoms with van der Waals surface area (Å²) in [6, 6.07) is 6.13. The summed E-state index contributed by atoms with van der Waals surface area (Å²) in [5, 5.41) is 15.0. The molecule has 2 bridgehead atoms. The summed E-state index contributed by atoms with van der Waals surface area (Å²) in [5.41, 5.74) is 3.19. The molecule has 1 amide bonds. The van der Waals surface area contributed by atoms with Gasteiger partial charge in [0.15, 0.2) is 11.5 Å². The Morgan fingerprint density at radius 3 is 2.67 bits per heavy atom. The van der Waals surface area contributed by atoms with Crippen molar-refractivity contribution in [1.29, 1.82) is 0 Å². The monoisotopic (exact) mass is 490 g/mol. The molecular weight excluding hydrogens is 470 g/mol. The quantitative estimate of drug-likeness (QED) is 0.467. The molecular formula is C25H20F2N6O3. The second kappa shape index (κ2) is 7.26. The molecule has 1 saturated carbocycles. The third-order valence-corrected chi connectivity index (χ3v) is 7.41. The predicted octanol–water partition coefficient (Wildman–Crippen LogP) is 3.43. The molecule has 0 saturated heterocycles. The highest BCUT2D eigenvalue weighted by atomic mass is 19.3. The number of carbonyl (C=O) groups excluding carboxylic acids is 1. The van der Waals surface area contributed by atoms with E-state index < -0.39 is 18.1 Å². The van der Waals surface area contributed by atoms with Crippen LogP contribution >= 0.6 is 0 Å². The second-order valence-corrected chi connectivity index (χ2v) is 9.52. The van der Waals surface area contributed by atoms with Crippen LogP contribution in [0.2, 0.25) is 0 Å². The zero-order valence-electron chi connectivity index (χ0n) is 19.1. The van der Waals surface area contributed by atoms with Gasteiger partial charge in [-0.2, -0.15) is 13.9 Å². The summed E-state index contributed by atoms with van der Waals surface area (Å²) in [6.45, 7) is -3.02. The number of ether oxygens (including phenoxy) is 1. The molecule has 7 rings (SSSR count). The molecule has 4 heterocycles. The van der Waals surface area contributed by atoms with Crippen molar-refractivity contribution < 1.29 is 23.4 Å². The smallest absolute Gasteiger partial charge is 0.387 e. The molecule has 36 heavy (non-hydrogen) atoms. The van der Waals surface area contributed by atoms with Gasteiger partial charge in [0.2, 0.25) is 0 Å². The van der Waals surface area contributed by atoms with Crippen molar-refractivity contribution in [1.82, 2.24) is 29.5 Å². The SMILES string of the molecule is CN1C(=O)c2cccc(OC(F)F)c2C2CC1c1nn3ccc(-c4cnc(C5(O)CC5)nc4)nc3c12. The number of aliphatic hydroxyl groups is 1. The lowest BCUT2D eigenvalue weighted by Gasteiger charge is -2.23. The Balaban J connectivity index is 1.39. The van der Waals surface area contributed by atoms with E-state index in [-0.39, 0.29) is 17.7 Å². The van der Waals surface area contributed by atoms with E-state index in [9.17, 15) is 18.7 Å². The first-order chi connectivity index (χ1) is 17.3. The van der Waals surface area contributed by atoms with Crippen molar-refractivity contribution in [2.24, 2.45) is 0 Å². The van der Waals surface area contributed by atoms with Crippen molar-refractivity contribution in [2.45, 2.75) is 43.4 Å². The number of carbonyl (C=O) groups is 1. The molecule has 1 fully saturated rings. The van der Waals surface area contributed by atoms with Gasteiger partial charge in [0.25, 0.3) is 5.91 Å². The van der Waals surface area contributed by atoms with E-state index in [0.717, 1.165) is 5.56 Å². The van der Waals surface area contributed by atoms with Crippen LogP contribution in [0.25, 0.3) is 16.9 Å². The topological polar surface area (TPSA) is 106 Å². The maximum Gasteiger partial charge on any atom is 0.387 e. The van der Waals surface area contributed by atoms with Crippen LogP contribution in [0.4, 0.5) is 8.78 Å². The normalized spacial score (nSPS) is 21.5. The largest absolute Gasteiger partial charge is 0.434 e. The van der Waals surface area contributed by atoms with Crippen LogP contribution in [0.1, 0.15) is 64.2 Å². The summed E-state index contributed by atoms with van der Waals surface area (Å²) >= 11 is 0. The van der Waals surface area contributed by atoms with E-state index >= 15 is 0 Å². The van der Waals surface area contributed by atoms with Gasteiger partial charge in [-0.15, -0.1) is 0 Å². The minimum absolute atomic E-state index is 0.0137. The first-order valence-electron chi connectivity index (χ1n) is 11.6. The van der Waals surface area contributed by atoms with Gasteiger partial charge < -0.3 is 14.7 Å². The zero-order chi connectivity index (χ0) is 24.8. The third-order valence-electron chi connectivity index (χ3n) is 7.41. The van der Waals surface area contributed by atoms with E-state index in [1.807, 2.05) is 0 Å². The van der Waals surface area contributed by atoms with Crippen LogP contribution in [-0.2, 0) is 5.60 Å². The van der Waals surface area contributed by atoms with Gasteiger partial charge in [-0.05, 0) is 37.5 Å². The summed E-state index contributed by atoms with van der Waals surface area (Å²) in [6.07, 6.45) is 6.83. The molecule has 4 aromatic rings. The van der Waals surface area contributed by atoms with Crippen LogP contribution in [0.3, 0.4) is 0 Å². The predicted molar refractivity (Wildman–Crippen MR) is 122 cm³/mol. The Labute approximate surface area is 203 Å². The molecule has 11 heteroatoms. The Kier molecular flexibility index (Phi) is 4.30. The average Bonchev–Trinajstić information content (AvgIpc) is 3.40. The van der Waals surface area contributed by atoms with Crippen LogP contribution in [-0.4, -0.2) is 54.1 Å². The summed E-state index contributed by atoms with van der Waals surface area (Å²) in [5.74, 6) is -0.270. The van der Waals surface area contributed by atoms with E-state index in [0.29, 0.717) is 58.8 Å². The number of nitrogens with zero attached hydrogens (tertiary/aromatic N) is 6. The molecule has 9 nitrogen and oxygen atoms in total. The molecule has 1 aromatic carbocycles. The number of aromatic nitrogens is 5. The molecule has 2 aliphatic carbocycles. The highest BCUT2D eigenvalue weighted by molar-refractivity contribution is 5.98. The van der Waals surface area contributed by atoms with Crippen LogP contribution in [0.5, 0.6) is 5.75 Å². The second-order valence-electron chi connectivity index (χ2n) is 9.52. The van der Waals surface area contributed by atoms with Crippen molar-refractivity contribution in [3.8, 4) is 17.0 Å². The van der Waals surface area contributed by atoms with Crippen molar-refractivity contribution >= 4 is 11.6 Å². The Morgan fingerprint density at radius 2 is 1.94 bits per heavy atom. The molecule has 3 aliphatic rings. The van der Waals surface area contributed by atoms with Gasteiger partial charge >= 0.3 is 6.61 Å². The van der Waals surface area contributed by atoms with Gasteiger partial charge in [-0.3, -0.25) is 4.79 Å². The molecule has 2 atom stereocenters. The van der Waals surface area contributed by atoms with Crippen molar-refractivity contribution in [3.05, 3.63) is 71.1 Å². The van der Waals surface area contributed by atoms with Gasteiger partial charge in [0.1, 0.15) is 11.4 Å². The lowest BCUT2D eigenvalue weighted by Crippen LogP contribution is -2.30. The Bertz CT molecular complexity index is 1550. The lowest BCUT2D eigenvalue weighted by molar-refractivity contribution is -0.0505. The number of rotatable bonds is 4. The highest BCUT2D eigenvalue weighted by Crippen LogP contribution is 2.53. The number of amides is 1. The maximum absolute atomic E-state index is 13.3. The maximum atomic E-state index is 13.3. The van der Waals surface area contributed by atoms with E-state index in [2.05, 4.69) is 9.97 Å². The van der Waals surface area contributed by atoms with Gasteiger partial charge in [-0.25, -0.2) is 19.5 Å². The fourth-order valence-electron chi connectivity index (χ4n) is 5.42. The van der Waals surface area contributed by atoms with E-state index in [1.165, 1.54) is 6.07 Å². The third kappa shape index (κ3) is 2.98. The molecule has 1 aliphatic heterocycles. The number of benzene rings is 1. The first kappa shape index (κ1) is 21.3. The Morgan fingerprint density at radius 1 is 1.17 bits per heavy atom. The highest BCUT2D eigenvalue weighted by Gasteiger charge is 2.47. The van der Waals surface area contributed by atoms with Crippen LogP contribution < -0.4 is 4.74 Å². The number of fused-ring (bicyclic) bond motifs is 9. The number of hydrogen-bond acceptors (Lipinski definition) is 7. The minimum Gasteiger partial charge on any atom is -0.434 e. The van der Waals surface area contributed by atoms with E-state index in [4.69, 9.17) is 14.8 Å². The number of hydrogen-bond donors (Lipinski definition) is 1. The fraction of sp³-hybridized carbons (Fsp3) is 0.320. The fourth-order valence-corrected chi connectivity index (χ4v) is 5.42. The van der Waals surface area contributed by atoms with Gasteiger partial charge in [0, 0.05) is 53.8 Å². The molecule has 2 unspecified atom stereocenters. The number of halogens is 2. The molecule has 3 aromatic heterocycles. The lowest BCUT2D eigenvalue weighted by atomic mass is 9.89. The molecule has 1 N–H and O–H groups in total. The first-order valence-corrected chi connectivity index (χ1v) is 11.6. The Hall–Kier alpha value is -3.99. The molecule has 0 spiro atoms. The van der Waals surface area contributed by atoms with Crippen LogP contribution in [0, 0.1) is 0 Å². The summed E-state index contributed by atoms with van der Waals surface area (Å²) in [4.78, 5) is 28.3. The molecule has 0 radical (unpaired) electrons. The molecule has 182 valence electrons. The van der Waals surface area contributed by atoms with Crippen LogP contribution in [0.15, 0.2) is 42.9 Å². The standard InChI is InChI=1S/C25H20F2N6O3/c1-32-16-9-14(18-13(22(32)34)3-2-4-17(18)36-24(26)27)19-20(16)31-33-8-5-15(30-21(19)33)12-10-28-23(29-11-12)25(35)6-7-25/h2-5,8,10-11,14,16,24,35H,6-7,9H2,1H3.